The van der Waals surface area contributed by atoms with E-state index in [4.69, 9.17) is 9.47 Å². The number of hydrogen-bond donors (Lipinski definition) is 0. The van der Waals surface area contributed by atoms with Crippen LogP contribution in [0.3, 0.4) is 0 Å². The molecule has 240 valence electrons. The van der Waals surface area contributed by atoms with Crippen molar-refractivity contribution in [3.8, 4) is 11.5 Å². The topological polar surface area (TPSA) is 24.9 Å². The fourth-order valence-corrected chi connectivity index (χ4v) is 6.29. The van der Waals surface area contributed by atoms with Crippen LogP contribution in [-0.4, -0.2) is 62.3 Å². The monoisotopic (exact) mass is 606 g/mol. The Morgan fingerprint density at radius 2 is 0.911 bits per heavy atom. The van der Waals surface area contributed by atoms with Crippen LogP contribution in [0.25, 0.3) is 0 Å². The third-order valence-corrected chi connectivity index (χ3v) is 9.46. The molecule has 0 aliphatic rings. The maximum absolute atomic E-state index is 6.15. The van der Waals surface area contributed by atoms with Gasteiger partial charge in [0, 0.05) is 24.4 Å². The smallest absolute Gasteiger partial charge is 0.119 e. The number of likely N-dealkylation sites (N-methyl/N-ethyl adjacent to an activating group) is 2. The number of rotatable bonds is 19. The van der Waals surface area contributed by atoms with Gasteiger partial charge in [0.05, 0.1) is 0 Å². The highest BCUT2D eigenvalue weighted by Crippen LogP contribution is 2.41. The lowest BCUT2D eigenvalue weighted by molar-refractivity contribution is 0.222. The van der Waals surface area contributed by atoms with Gasteiger partial charge in [-0.2, -0.15) is 0 Å². The Balaban J connectivity index is 1.58. The van der Waals surface area contributed by atoms with Crippen LogP contribution in [-0.2, 0) is 5.41 Å². The Bertz CT molecular complexity index is 1250. The summed E-state index contributed by atoms with van der Waals surface area (Å²) in [7, 11) is 0. The van der Waals surface area contributed by atoms with Crippen LogP contribution < -0.4 is 9.47 Å². The molecule has 4 rings (SSSR count). The number of nitrogens with zero attached hydrogens (tertiary/aromatic N) is 2. The quantitative estimate of drug-likeness (QED) is 0.106. The Morgan fingerprint density at radius 1 is 0.533 bits per heavy atom. The molecule has 0 aromatic heterocycles. The molecule has 0 saturated carbocycles. The first-order valence-electron chi connectivity index (χ1n) is 17.0. The number of hydrogen-bond acceptors (Lipinski definition) is 4. The molecule has 4 nitrogen and oxygen atoms in total. The molecule has 4 aromatic rings. The Kier molecular flexibility index (Phi) is 13.5. The van der Waals surface area contributed by atoms with Crippen molar-refractivity contribution in [3.63, 3.8) is 0 Å². The Labute approximate surface area is 273 Å². The standard InChI is InChI=1S/C41H54N2O2/c1-6-42(7-2)30-32-44-38-24-20-36(21-25-38)41(5,37-22-26-39(27-23-37)45-33-31-43(8-3)9-4)29-28-40(34-16-12-10-13-17-34)35-18-14-11-15-19-35/h10-27,40H,6-9,28-33H2,1-5H3. The largest absolute Gasteiger partial charge is 0.492 e. The van der Waals surface area contributed by atoms with E-state index in [0.717, 1.165) is 63.6 Å². The molecule has 0 aliphatic carbocycles. The lowest BCUT2D eigenvalue weighted by Gasteiger charge is -2.33. The van der Waals surface area contributed by atoms with Gasteiger partial charge in [0.2, 0.25) is 0 Å². The number of benzene rings is 4. The predicted octanol–water partition coefficient (Wildman–Crippen LogP) is 9.05. The molecular formula is C41H54N2O2. The molecule has 0 spiro atoms. The van der Waals surface area contributed by atoms with Crippen LogP contribution >= 0.6 is 0 Å². The zero-order valence-corrected chi connectivity index (χ0v) is 28.3. The fourth-order valence-electron chi connectivity index (χ4n) is 6.29. The second kappa shape index (κ2) is 17.8. The average molecular weight is 607 g/mol. The van der Waals surface area contributed by atoms with E-state index in [0.29, 0.717) is 19.1 Å². The Morgan fingerprint density at radius 3 is 1.27 bits per heavy atom. The van der Waals surface area contributed by atoms with Crippen molar-refractivity contribution in [1.29, 1.82) is 0 Å². The van der Waals surface area contributed by atoms with Gasteiger partial charge in [-0.05, 0) is 85.5 Å². The van der Waals surface area contributed by atoms with Crippen LogP contribution in [0.1, 0.15) is 75.6 Å². The van der Waals surface area contributed by atoms with Crippen molar-refractivity contribution in [2.45, 2.75) is 58.8 Å². The fraction of sp³-hybridized carbons (Fsp3) is 0.415. The molecular weight excluding hydrogens is 552 g/mol. The molecule has 4 aromatic carbocycles. The van der Waals surface area contributed by atoms with Crippen LogP contribution in [0.4, 0.5) is 0 Å². The molecule has 0 bridgehead atoms. The number of ether oxygens (including phenoxy) is 2. The van der Waals surface area contributed by atoms with Crippen LogP contribution in [0.2, 0.25) is 0 Å². The van der Waals surface area contributed by atoms with Crippen molar-refractivity contribution >= 4 is 0 Å². The van der Waals surface area contributed by atoms with Crippen LogP contribution in [0.15, 0.2) is 109 Å². The molecule has 0 atom stereocenters. The molecule has 0 fully saturated rings. The molecule has 0 N–H and O–H groups in total. The van der Waals surface area contributed by atoms with Gasteiger partial charge in [0.1, 0.15) is 24.7 Å². The molecule has 45 heavy (non-hydrogen) atoms. The highest BCUT2D eigenvalue weighted by molar-refractivity contribution is 5.43. The normalized spacial score (nSPS) is 11.8. The van der Waals surface area contributed by atoms with Gasteiger partial charge in [-0.15, -0.1) is 0 Å². The lowest BCUT2D eigenvalue weighted by atomic mass is 9.70. The molecule has 0 heterocycles. The molecule has 0 unspecified atom stereocenters. The maximum atomic E-state index is 6.15. The molecule has 0 amide bonds. The highest BCUT2D eigenvalue weighted by atomic mass is 16.5. The van der Waals surface area contributed by atoms with E-state index in [1.54, 1.807) is 0 Å². The summed E-state index contributed by atoms with van der Waals surface area (Å²) in [6.07, 6.45) is 2.01. The maximum Gasteiger partial charge on any atom is 0.119 e. The van der Waals surface area contributed by atoms with Crippen molar-refractivity contribution in [1.82, 2.24) is 9.80 Å². The van der Waals surface area contributed by atoms with E-state index < -0.39 is 0 Å². The summed E-state index contributed by atoms with van der Waals surface area (Å²) in [5.41, 5.74) is 5.13. The van der Waals surface area contributed by atoms with Crippen molar-refractivity contribution in [2.75, 3.05) is 52.5 Å². The molecule has 4 heteroatoms. The minimum atomic E-state index is -0.193. The van der Waals surface area contributed by atoms with Gasteiger partial charge in [-0.3, -0.25) is 0 Å². The van der Waals surface area contributed by atoms with E-state index in [2.05, 4.69) is 154 Å². The highest BCUT2D eigenvalue weighted by Gasteiger charge is 2.31. The van der Waals surface area contributed by atoms with Gasteiger partial charge >= 0.3 is 0 Å². The van der Waals surface area contributed by atoms with Crippen molar-refractivity contribution < 1.29 is 9.47 Å². The summed E-state index contributed by atoms with van der Waals surface area (Å²) in [5, 5.41) is 0. The first kappa shape index (κ1) is 34.3. The first-order chi connectivity index (χ1) is 22.0. The van der Waals surface area contributed by atoms with E-state index in [-0.39, 0.29) is 5.41 Å². The van der Waals surface area contributed by atoms with Gasteiger partial charge in [0.15, 0.2) is 0 Å². The first-order valence-corrected chi connectivity index (χ1v) is 17.0. The summed E-state index contributed by atoms with van der Waals surface area (Å²) >= 11 is 0. The summed E-state index contributed by atoms with van der Waals surface area (Å²) in [4.78, 5) is 4.77. The van der Waals surface area contributed by atoms with Gasteiger partial charge in [-0.1, -0.05) is 120 Å². The molecule has 0 radical (unpaired) electrons. The van der Waals surface area contributed by atoms with E-state index >= 15 is 0 Å². The second-order valence-electron chi connectivity index (χ2n) is 12.0. The van der Waals surface area contributed by atoms with Gasteiger partial charge in [-0.25, -0.2) is 0 Å². The van der Waals surface area contributed by atoms with Gasteiger partial charge in [0.25, 0.3) is 0 Å². The van der Waals surface area contributed by atoms with Crippen molar-refractivity contribution in [2.24, 2.45) is 0 Å². The summed E-state index contributed by atoms with van der Waals surface area (Å²) in [5.74, 6) is 2.17. The van der Waals surface area contributed by atoms with Crippen LogP contribution in [0, 0.1) is 0 Å². The van der Waals surface area contributed by atoms with Crippen molar-refractivity contribution in [3.05, 3.63) is 131 Å². The Hall–Kier alpha value is -3.60. The van der Waals surface area contributed by atoms with E-state index in [1.807, 2.05) is 0 Å². The zero-order chi connectivity index (χ0) is 31.9. The molecule has 0 aliphatic heterocycles. The summed E-state index contributed by atoms with van der Waals surface area (Å²) in [6.45, 7) is 18.6. The SMILES string of the molecule is CCN(CC)CCOc1ccc(C(C)(CCC(c2ccccc2)c2ccccc2)c2ccc(OCCN(CC)CC)cc2)cc1. The second-order valence-corrected chi connectivity index (χ2v) is 12.0. The summed E-state index contributed by atoms with van der Waals surface area (Å²) < 4.78 is 12.3. The van der Waals surface area contributed by atoms with Crippen LogP contribution in [0.5, 0.6) is 11.5 Å². The average Bonchev–Trinajstić information content (AvgIpc) is 3.10. The minimum absolute atomic E-state index is 0.193. The van der Waals surface area contributed by atoms with Gasteiger partial charge < -0.3 is 19.3 Å². The van der Waals surface area contributed by atoms with E-state index in [1.165, 1.54) is 22.3 Å². The summed E-state index contributed by atoms with van der Waals surface area (Å²) in [6, 6.07) is 39.5. The molecule has 0 saturated heterocycles. The predicted molar refractivity (Wildman–Crippen MR) is 190 cm³/mol. The zero-order valence-electron chi connectivity index (χ0n) is 28.3. The minimum Gasteiger partial charge on any atom is -0.492 e. The van der Waals surface area contributed by atoms with E-state index in [9.17, 15) is 0 Å². The lowest BCUT2D eigenvalue weighted by Crippen LogP contribution is -2.28. The third-order valence-electron chi connectivity index (χ3n) is 9.46. The third kappa shape index (κ3) is 9.69.